The van der Waals surface area contributed by atoms with Crippen molar-refractivity contribution in [1.29, 1.82) is 0 Å². The molecule has 2 aromatic carbocycles. The number of rotatable bonds is 12. The molecule has 13 nitrogen and oxygen atoms in total. The molecule has 7 N–H and O–H groups in total. The zero-order valence-electron chi connectivity index (χ0n) is 23.0. The molecule has 2 heterocycles. The number of anilines is 1. The van der Waals surface area contributed by atoms with E-state index in [1.807, 2.05) is 26.0 Å². The van der Waals surface area contributed by atoms with Crippen molar-refractivity contribution in [3.05, 3.63) is 70.2 Å². The summed E-state index contributed by atoms with van der Waals surface area (Å²) in [6.07, 6.45) is 0.292. The summed E-state index contributed by atoms with van der Waals surface area (Å²) in [4.78, 5) is 38.4. The number of amidine groups is 1. The van der Waals surface area contributed by atoms with Gasteiger partial charge < -0.3 is 41.1 Å². The van der Waals surface area contributed by atoms with Crippen LogP contribution >= 0.6 is 11.3 Å². The summed E-state index contributed by atoms with van der Waals surface area (Å²) in [7, 11) is -1.32. The van der Waals surface area contributed by atoms with Crippen LogP contribution in [0.2, 0.25) is 5.82 Å². The number of oxime groups is 1. The van der Waals surface area contributed by atoms with Gasteiger partial charge in [0.05, 0.1) is 5.56 Å². The number of aromatic nitrogens is 1. The number of amides is 1. The molecule has 1 aliphatic heterocycles. The number of aliphatic imine (C=N–C) groups is 1. The van der Waals surface area contributed by atoms with E-state index in [0.29, 0.717) is 23.6 Å². The van der Waals surface area contributed by atoms with Gasteiger partial charge in [0.1, 0.15) is 29.6 Å². The van der Waals surface area contributed by atoms with E-state index in [0.717, 1.165) is 16.9 Å². The Morgan fingerprint density at radius 2 is 2.00 bits per heavy atom. The predicted octanol–water partition coefficient (Wildman–Crippen LogP) is 1.94. The van der Waals surface area contributed by atoms with Crippen molar-refractivity contribution >= 4 is 47.0 Å². The number of nitrogen functional groups attached to an aromatic ring is 1. The van der Waals surface area contributed by atoms with Crippen LogP contribution in [0.3, 0.4) is 0 Å². The molecular weight excluding hydrogens is 563 g/mol. The fraction of sp³-hybridized carbons (Fsp3) is 0.296. The average molecular weight is 594 g/mol. The fourth-order valence-corrected chi connectivity index (χ4v) is 4.66. The van der Waals surface area contributed by atoms with Crippen LogP contribution in [0, 0.1) is 0 Å². The lowest BCUT2D eigenvalue weighted by molar-refractivity contribution is -0.115. The van der Waals surface area contributed by atoms with Gasteiger partial charge in [-0.25, -0.2) is 9.78 Å². The van der Waals surface area contributed by atoms with Crippen LogP contribution in [-0.4, -0.2) is 71.5 Å². The number of hydrogen-bond donors (Lipinski definition) is 5. The molecule has 0 fully saturated rings. The van der Waals surface area contributed by atoms with Crippen molar-refractivity contribution in [2.45, 2.75) is 32.1 Å². The van der Waals surface area contributed by atoms with E-state index in [9.17, 15) is 19.7 Å². The van der Waals surface area contributed by atoms with Crippen molar-refractivity contribution in [3.63, 3.8) is 0 Å². The van der Waals surface area contributed by atoms with Crippen molar-refractivity contribution < 1.29 is 33.9 Å². The molecule has 0 saturated heterocycles. The lowest BCUT2D eigenvalue weighted by atomic mass is 9.66. The largest absolute Gasteiger partial charge is 0.535 e. The Hall–Kier alpha value is -4.63. The highest BCUT2D eigenvalue weighted by atomic mass is 32.1. The number of carboxylic acid groups (broad SMARTS) is 1. The first kappa shape index (κ1) is 30.3. The van der Waals surface area contributed by atoms with E-state index in [4.69, 9.17) is 25.7 Å². The number of carbonyl (C=O) groups is 2. The first-order valence-electron chi connectivity index (χ1n) is 13.1. The monoisotopic (exact) mass is 594 g/mol. The molecule has 220 valence electrons. The number of para-hydroxylation sites is 1. The lowest BCUT2D eigenvalue weighted by Gasteiger charge is -2.28. The van der Waals surface area contributed by atoms with Crippen LogP contribution in [0.1, 0.15) is 41.0 Å². The zero-order chi connectivity index (χ0) is 30.2. The number of aromatic carboxylic acids is 1. The summed E-state index contributed by atoms with van der Waals surface area (Å²) in [6, 6.07) is 12.0. The smallest absolute Gasteiger partial charge is 0.528 e. The average Bonchev–Trinajstić information content (AvgIpc) is 3.38. The third-order valence-corrected chi connectivity index (χ3v) is 6.78. The molecule has 0 saturated carbocycles. The van der Waals surface area contributed by atoms with Gasteiger partial charge >= 0.3 is 13.1 Å². The number of fused-ring (bicyclic) bond motifs is 1. The van der Waals surface area contributed by atoms with E-state index >= 15 is 0 Å². The summed E-state index contributed by atoms with van der Waals surface area (Å²) >= 11 is 1.14. The van der Waals surface area contributed by atoms with Crippen molar-refractivity contribution in [1.82, 2.24) is 10.3 Å². The molecule has 1 atom stereocenters. The zero-order valence-corrected chi connectivity index (χ0v) is 23.8. The second-order valence-electron chi connectivity index (χ2n) is 9.61. The summed E-state index contributed by atoms with van der Waals surface area (Å²) in [5.74, 6) is -1.13. The highest BCUT2D eigenvalue weighted by Gasteiger charge is 2.37. The number of carbonyl (C=O) groups excluding carboxylic acids is 1. The van der Waals surface area contributed by atoms with Crippen LogP contribution in [0.4, 0.5) is 5.13 Å². The van der Waals surface area contributed by atoms with Crippen LogP contribution < -0.4 is 26.2 Å². The maximum Gasteiger partial charge on any atom is 0.528 e. The van der Waals surface area contributed by atoms with Gasteiger partial charge in [0, 0.05) is 29.3 Å². The normalized spacial score (nSPS) is 15.1. The number of thiazole rings is 1. The number of nitrogens with one attached hydrogen (secondary N) is 1. The van der Waals surface area contributed by atoms with Gasteiger partial charge in [0.15, 0.2) is 17.5 Å². The first-order chi connectivity index (χ1) is 20.1. The third kappa shape index (κ3) is 7.76. The first-order valence-corrected chi connectivity index (χ1v) is 14.0. The van der Waals surface area contributed by atoms with E-state index in [1.165, 1.54) is 6.07 Å². The summed E-state index contributed by atoms with van der Waals surface area (Å²) in [6.45, 7) is 4.09. The second kappa shape index (κ2) is 13.8. The predicted molar refractivity (Wildman–Crippen MR) is 159 cm³/mol. The molecule has 1 aliphatic rings. The molecule has 0 radical (unpaired) electrons. The summed E-state index contributed by atoms with van der Waals surface area (Å²) in [5, 5.41) is 28.4. The molecule has 42 heavy (non-hydrogen) atoms. The van der Waals surface area contributed by atoms with Crippen LogP contribution in [0.15, 0.2) is 58.0 Å². The maximum atomic E-state index is 13.1. The number of hydrogen-bond acceptors (Lipinski definition) is 11. The molecule has 1 aromatic heterocycles. The van der Waals surface area contributed by atoms with Crippen molar-refractivity contribution in [2.75, 3.05) is 25.5 Å². The molecule has 0 unspecified atom stereocenters. The molecular formula is C27H31BN6O7S. The lowest BCUT2D eigenvalue weighted by Crippen LogP contribution is -2.43. The molecule has 15 heteroatoms. The van der Waals surface area contributed by atoms with E-state index in [2.05, 4.69) is 20.4 Å². The maximum absolute atomic E-state index is 13.1. The van der Waals surface area contributed by atoms with Gasteiger partial charge in [-0.2, -0.15) is 0 Å². The Kier molecular flexibility index (Phi) is 9.99. The Morgan fingerprint density at radius 1 is 1.24 bits per heavy atom. The molecule has 4 rings (SSSR count). The highest BCUT2D eigenvalue weighted by Crippen LogP contribution is 2.34. The van der Waals surface area contributed by atoms with Gasteiger partial charge in [0.25, 0.3) is 5.91 Å². The second-order valence-corrected chi connectivity index (χ2v) is 10.5. The molecule has 1 amide bonds. The van der Waals surface area contributed by atoms with Crippen molar-refractivity contribution in [3.8, 4) is 11.5 Å². The van der Waals surface area contributed by atoms with Crippen LogP contribution in [0.5, 0.6) is 11.5 Å². The molecule has 0 aliphatic carbocycles. The van der Waals surface area contributed by atoms with Gasteiger partial charge in [-0.1, -0.05) is 17.3 Å². The minimum atomic E-state index is -1.32. The van der Waals surface area contributed by atoms with Gasteiger partial charge in [-0.05, 0) is 56.2 Å². The molecule has 0 spiro atoms. The Balaban J connectivity index is 1.34. The Bertz CT molecular complexity index is 1480. The highest BCUT2D eigenvalue weighted by molar-refractivity contribution is 7.13. The number of benzene rings is 2. The Labute approximate surface area is 246 Å². The summed E-state index contributed by atoms with van der Waals surface area (Å²) < 4.78 is 11.2. The molecule has 3 aromatic rings. The van der Waals surface area contributed by atoms with Gasteiger partial charge in [-0.3, -0.25) is 9.79 Å². The SMILES string of the molecule is CC(C)N=C(N)c1ccc(OCCO/N=C(\C(=O)NC[C@H]2Cc3cccc(C(=O)O)c3OB2O)c2csc(N)n2)cc1. The van der Waals surface area contributed by atoms with Crippen LogP contribution in [0.25, 0.3) is 0 Å². The quantitative estimate of drug-likeness (QED) is 0.0678. The number of nitrogens with zero attached hydrogens (tertiary/aromatic N) is 3. The van der Waals surface area contributed by atoms with E-state index in [1.54, 1.807) is 29.6 Å². The molecule has 0 bridgehead atoms. The topological polar surface area (TPSA) is 204 Å². The summed E-state index contributed by atoms with van der Waals surface area (Å²) in [5.41, 5.74) is 13.2. The Morgan fingerprint density at radius 3 is 2.67 bits per heavy atom. The van der Waals surface area contributed by atoms with Crippen molar-refractivity contribution in [2.24, 2.45) is 15.9 Å². The number of carboxylic acids is 1. The van der Waals surface area contributed by atoms with Crippen LogP contribution in [-0.2, 0) is 16.1 Å². The van der Waals surface area contributed by atoms with E-state index in [-0.39, 0.29) is 53.7 Å². The minimum Gasteiger partial charge on any atom is -0.535 e. The third-order valence-electron chi connectivity index (χ3n) is 6.10. The van der Waals surface area contributed by atoms with Gasteiger partial charge in [0.2, 0.25) is 0 Å². The minimum absolute atomic E-state index is 0.0148. The van der Waals surface area contributed by atoms with E-state index < -0.39 is 24.8 Å². The fourth-order valence-electron chi connectivity index (χ4n) is 4.12. The standard InChI is InChI=1S/C27H31BN6O7S/c1-15(2)32-24(29)16-6-8-19(9-7-16)39-10-11-40-34-22(21-14-42-27(30)33-21)25(35)31-13-18-12-17-4-3-5-20(26(36)37)23(17)41-28(18)38/h3-9,14-15,18,38H,10-13H2,1-2H3,(H2,29,32)(H2,30,33)(H,31,35)(H,36,37)/b34-22-/t18-/m1/s1. The van der Waals surface area contributed by atoms with Gasteiger partial charge in [-0.15, -0.1) is 11.3 Å². The number of nitrogens with two attached hydrogens (primary N) is 2. The number of ether oxygens (including phenoxy) is 1.